The predicted octanol–water partition coefficient (Wildman–Crippen LogP) is 2.50. The van der Waals surface area contributed by atoms with E-state index >= 15 is 0 Å². The van der Waals surface area contributed by atoms with E-state index in [1.807, 2.05) is 0 Å². The second-order valence-electron chi connectivity index (χ2n) is 6.33. The Labute approximate surface area is 104 Å². The molecule has 2 aliphatic rings. The minimum absolute atomic E-state index is 0.193. The van der Waals surface area contributed by atoms with Crippen molar-refractivity contribution in [3.63, 3.8) is 0 Å². The van der Waals surface area contributed by atoms with Crippen molar-refractivity contribution in [1.82, 2.24) is 5.32 Å². The quantitative estimate of drug-likeness (QED) is 0.804. The van der Waals surface area contributed by atoms with Crippen molar-refractivity contribution < 1.29 is 9.53 Å². The van der Waals surface area contributed by atoms with Crippen LogP contribution in [-0.2, 0) is 9.53 Å². The first kappa shape index (κ1) is 12.9. The molecule has 1 saturated heterocycles. The van der Waals surface area contributed by atoms with Gasteiger partial charge in [-0.2, -0.15) is 0 Å². The van der Waals surface area contributed by atoms with Crippen LogP contribution in [0.1, 0.15) is 52.4 Å². The molecule has 17 heavy (non-hydrogen) atoms. The monoisotopic (exact) mass is 239 g/mol. The Bertz CT molecular complexity index is 259. The SMILES string of the molecule is CC1(C)CCC(NC(=O)C2CCOCC2)CC1. The molecule has 1 saturated carbocycles. The van der Waals surface area contributed by atoms with Crippen LogP contribution >= 0.6 is 0 Å². The van der Waals surface area contributed by atoms with Gasteiger partial charge in [-0.15, -0.1) is 0 Å². The summed E-state index contributed by atoms with van der Waals surface area (Å²) in [5.41, 5.74) is 0.472. The summed E-state index contributed by atoms with van der Waals surface area (Å²) < 4.78 is 5.29. The third kappa shape index (κ3) is 3.70. The summed E-state index contributed by atoms with van der Waals surface area (Å²) in [4.78, 5) is 12.1. The second kappa shape index (κ2) is 5.38. The number of ether oxygens (including phenoxy) is 1. The van der Waals surface area contributed by atoms with Gasteiger partial charge < -0.3 is 10.1 Å². The van der Waals surface area contributed by atoms with Crippen molar-refractivity contribution in [3.8, 4) is 0 Å². The Morgan fingerprint density at radius 1 is 1.12 bits per heavy atom. The second-order valence-corrected chi connectivity index (χ2v) is 6.33. The topological polar surface area (TPSA) is 38.3 Å². The standard InChI is InChI=1S/C14H25NO2/c1-14(2)7-3-12(4-8-14)15-13(16)11-5-9-17-10-6-11/h11-12H,3-10H2,1-2H3,(H,15,16). The number of rotatable bonds is 2. The molecule has 1 amide bonds. The average molecular weight is 239 g/mol. The van der Waals surface area contributed by atoms with E-state index in [1.54, 1.807) is 0 Å². The van der Waals surface area contributed by atoms with Crippen molar-refractivity contribution in [2.45, 2.75) is 58.4 Å². The van der Waals surface area contributed by atoms with E-state index in [2.05, 4.69) is 19.2 Å². The number of carbonyl (C=O) groups excluding carboxylic acids is 1. The molecular weight excluding hydrogens is 214 g/mol. The number of carbonyl (C=O) groups is 1. The first-order valence-corrected chi connectivity index (χ1v) is 6.95. The van der Waals surface area contributed by atoms with Gasteiger partial charge in [0.2, 0.25) is 5.91 Å². The first-order chi connectivity index (χ1) is 8.07. The zero-order chi connectivity index (χ0) is 12.3. The summed E-state index contributed by atoms with van der Waals surface area (Å²) in [6.45, 7) is 6.14. The minimum atomic E-state index is 0.193. The lowest BCUT2D eigenvalue weighted by molar-refractivity contribution is -0.128. The molecule has 1 aliphatic carbocycles. The fraction of sp³-hybridized carbons (Fsp3) is 0.929. The van der Waals surface area contributed by atoms with Gasteiger partial charge in [0.05, 0.1) is 0 Å². The van der Waals surface area contributed by atoms with Gasteiger partial charge in [-0.1, -0.05) is 13.8 Å². The van der Waals surface area contributed by atoms with Crippen molar-refractivity contribution in [2.75, 3.05) is 13.2 Å². The molecule has 2 fully saturated rings. The van der Waals surface area contributed by atoms with E-state index in [0.29, 0.717) is 11.5 Å². The van der Waals surface area contributed by atoms with Crippen molar-refractivity contribution in [2.24, 2.45) is 11.3 Å². The minimum Gasteiger partial charge on any atom is -0.381 e. The van der Waals surface area contributed by atoms with Crippen LogP contribution < -0.4 is 5.32 Å². The molecule has 3 nitrogen and oxygen atoms in total. The zero-order valence-electron chi connectivity index (χ0n) is 11.1. The lowest BCUT2D eigenvalue weighted by Crippen LogP contribution is -2.43. The van der Waals surface area contributed by atoms with Crippen LogP contribution in [0.3, 0.4) is 0 Å². The smallest absolute Gasteiger partial charge is 0.223 e. The molecule has 2 rings (SSSR count). The Morgan fingerprint density at radius 2 is 1.71 bits per heavy atom. The maximum absolute atomic E-state index is 12.1. The van der Waals surface area contributed by atoms with Crippen molar-refractivity contribution >= 4 is 5.91 Å². The highest BCUT2D eigenvalue weighted by Crippen LogP contribution is 2.35. The van der Waals surface area contributed by atoms with Crippen LogP contribution in [0.15, 0.2) is 0 Å². The van der Waals surface area contributed by atoms with Crippen molar-refractivity contribution in [3.05, 3.63) is 0 Å². The summed E-state index contributed by atoms with van der Waals surface area (Å²) in [6.07, 6.45) is 6.52. The van der Waals surface area contributed by atoms with Crippen LogP contribution in [-0.4, -0.2) is 25.2 Å². The molecule has 98 valence electrons. The lowest BCUT2D eigenvalue weighted by atomic mass is 9.75. The van der Waals surface area contributed by atoms with Crippen LogP contribution in [0, 0.1) is 11.3 Å². The van der Waals surface area contributed by atoms with Gasteiger partial charge in [-0.05, 0) is 43.9 Å². The van der Waals surface area contributed by atoms with Crippen molar-refractivity contribution in [1.29, 1.82) is 0 Å². The molecule has 0 unspecified atom stereocenters. The molecule has 3 heteroatoms. The number of hydrogen-bond donors (Lipinski definition) is 1. The molecule has 0 spiro atoms. The molecular formula is C14H25NO2. The van der Waals surface area contributed by atoms with Gasteiger partial charge in [0.15, 0.2) is 0 Å². The van der Waals surface area contributed by atoms with Gasteiger partial charge in [0.1, 0.15) is 0 Å². The lowest BCUT2D eigenvalue weighted by Gasteiger charge is -2.35. The van der Waals surface area contributed by atoms with E-state index in [0.717, 1.165) is 38.9 Å². The highest BCUT2D eigenvalue weighted by atomic mass is 16.5. The van der Waals surface area contributed by atoms with Gasteiger partial charge >= 0.3 is 0 Å². The number of nitrogens with one attached hydrogen (secondary N) is 1. The summed E-state index contributed by atoms with van der Waals surface area (Å²) in [5, 5.41) is 3.23. The fourth-order valence-electron chi connectivity index (χ4n) is 2.82. The molecule has 1 heterocycles. The maximum atomic E-state index is 12.1. The molecule has 1 aliphatic heterocycles. The highest BCUT2D eigenvalue weighted by molar-refractivity contribution is 5.79. The van der Waals surface area contributed by atoms with E-state index in [-0.39, 0.29) is 11.8 Å². The van der Waals surface area contributed by atoms with Gasteiger partial charge in [0.25, 0.3) is 0 Å². The average Bonchev–Trinajstić information content (AvgIpc) is 2.33. The highest BCUT2D eigenvalue weighted by Gasteiger charge is 2.29. The molecule has 0 bridgehead atoms. The third-order valence-corrected chi connectivity index (χ3v) is 4.28. The van der Waals surface area contributed by atoms with E-state index < -0.39 is 0 Å². The Balaban J connectivity index is 1.75. The zero-order valence-corrected chi connectivity index (χ0v) is 11.1. The Morgan fingerprint density at radius 3 is 2.29 bits per heavy atom. The first-order valence-electron chi connectivity index (χ1n) is 6.95. The van der Waals surface area contributed by atoms with Gasteiger partial charge in [-0.25, -0.2) is 0 Å². The summed E-state index contributed by atoms with van der Waals surface area (Å²) in [5.74, 6) is 0.455. The molecule has 0 radical (unpaired) electrons. The van der Waals surface area contributed by atoms with Crippen LogP contribution in [0.25, 0.3) is 0 Å². The van der Waals surface area contributed by atoms with E-state index in [1.165, 1.54) is 12.8 Å². The van der Waals surface area contributed by atoms with E-state index in [4.69, 9.17) is 4.74 Å². The van der Waals surface area contributed by atoms with Crippen LogP contribution in [0.4, 0.5) is 0 Å². The molecule has 0 aromatic heterocycles. The fourth-order valence-corrected chi connectivity index (χ4v) is 2.82. The Hall–Kier alpha value is -0.570. The normalized spacial score (nSPS) is 26.7. The van der Waals surface area contributed by atoms with Crippen LogP contribution in [0.2, 0.25) is 0 Å². The third-order valence-electron chi connectivity index (χ3n) is 4.28. The molecule has 0 aromatic rings. The largest absolute Gasteiger partial charge is 0.381 e. The summed E-state index contributed by atoms with van der Waals surface area (Å²) in [6, 6.07) is 0.415. The van der Waals surface area contributed by atoms with E-state index in [9.17, 15) is 4.79 Å². The maximum Gasteiger partial charge on any atom is 0.223 e. The van der Waals surface area contributed by atoms with Crippen LogP contribution in [0.5, 0.6) is 0 Å². The molecule has 1 N–H and O–H groups in total. The molecule has 0 atom stereocenters. The van der Waals surface area contributed by atoms with Gasteiger partial charge in [-0.3, -0.25) is 4.79 Å². The Kier molecular flexibility index (Phi) is 4.08. The summed E-state index contributed by atoms with van der Waals surface area (Å²) in [7, 11) is 0. The molecule has 0 aromatic carbocycles. The van der Waals surface area contributed by atoms with Gasteiger partial charge in [0, 0.05) is 25.2 Å². The number of amides is 1. The predicted molar refractivity (Wildman–Crippen MR) is 67.7 cm³/mol. The summed E-state index contributed by atoms with van der Waals surface area (Å²) >= 11 is 0. The number of hydrogen-bond acceptors (Lipinski definition) is 2.